The summed E-state index contributed by atoms with van der Waals surface area (Å²) in [6.45, 7) is 5.10. The van der Waals surface area contributed by atoms with Crippen LogP contribution in [0.3, 0.4) is 0 Å². The quantitative estimate of drug-likeness (QED) is 0.809. The number of rotatable bonds is 6. The molecule has 4 heteroatoms. The van der Waals surface area contributed by atoms with Crippen molar-refractivity contribution in [2.75, 3.05) is 32.8 Å². The molecule has 3 rings (SSSR count). The predicted octanol–water partition coefficient (Wildman–Crippen LogP) is 2.67. The minimum atomic E-state index is 0.343. The maximum Gasteiger partial charge on any atom is 0.0808 e. The average molecular weight is 304 g/mol. The molecular formula is C18H28N2O2. The molecule has 1 atom stereocenters. The van der Waals surface area contributed by atoms with Gasteiger partial charge < -0.3 is 14.4 Å². The number of pyridine rings is 1. The van der Waals surface area contributed by atoms with Crippen LogP contribution < -0.4 is 0 Å². The fourth-order valence-electron chi connectivity index (χ4n) is 3.30. The molecule has 1 aromatic heterocycles. The number of piperidine rings is 1. The lowest BCUT2D eigenvalue weighted by atomic mass is 10.1. The van der Waals surface area contributed by atoms with E-state index >= 15 is 0 Å². The van der Waals surface area contributed by atoms with E-state index in [1.807, 2.05) is 12.3 Å². The van der Waals surface area contributed by atoms with Gasteiger partial charge in [0.2, 0.25) is 0 Å². The highest BCUT2D eigenvalue weighted by Gasteiger charge is 2.21. The third kappa shape index (κ3) is 5.04. The minimum Gasteiger partial charge on any atom is -0.376 e. The van der Waals surface area contributed by atoms with Crippen LogP contribution in [0.5, 0.6) is 0 Å². The highest BCUT2D eigenvalue weighted by atomic mass is 16.5. The maximum atomic E-state index is 6.07. The Morgan fingerprint density at radius 3 is 2.82 bits per heavy atom. The van der Waals surface area contributed by atoms with Crippen molar-refractivity contribution in [2.45, 2.75) is 50.7 Å². The van der Waals surface area contributed by atoms with Crippen molar-refractivity contribution in [1.82, 2.24) is 9.88 Å². The van der Waals surface area contributed by atoms with Crippen molar-refractivity contribution in [3.05, 3.63) is 30.1 Å². The summed E-state index contributed by atoms with van der Waals surface area (Å²) in [6.07, 6.45) is 9.66. The third-order valence-electron chi connectivity index (χ3n) is 4.74. The molecule has 2 aliphatic rings. The first-order chi connectivity index (χ1) is 10.9. The van der Waals surface area contributed by atoms with Gasteiger partial charge in [0.05, 0.1) is 18.8 Å². The van der Waals surface area contributed by atoms with Crippen LogP contribution in [0.25, 0.3) is 0 Å². The molecule has 0 spiro atoms. The molecule has 3 heterocycles. The van der Waals surface area contributed by atoms with E-state index in [1.54, 1.807) is 0 Å². The van der Waals surface area contributed by atoms with Gasteiger partial charge in [-0.2, -0.15) is 0 Å². The number of hydrogen-bond donors (Lipinski definition) is 0. The summed E-state index contributed by atoms with van der Waals surface area (Å²) < 4.78 is 11.8. The van der Waals surface area contributed by atoms with Crippen molar-refractivity contribution in [1.29, 1.82) is 0 Å². The summed E-state index contributed by atoms with van der Waals surface area (Å²) in [5.74, 6) is 0. The Balaban J connectivity index is 1.30. The number of hydrogen-bond acceptors (Lipinski definition) is 4. The molecule has 0 unspecified atom stereocenters. The van der Waals surface area contributed by atoms with Crippen LogP contribution >= 0.6 is 0 Å². The van der Waals surface area contributed by atoms with Crippen molar-refractivity contribution in [2.24, 2.45) is 0 Å². The zero-order chi connectivity index (χ0) is 15.0. The van der Waals surface area contributed by atoms with E-state index < -0.39 is 0 Å². The summed E-state index contributed by atoms with van der Waals surface area (Å²) in [4.78, 5) is 6.93. The van der Waals surface area contributed by atoms with Gasteiger partial charge in [-0.15, -0.1) is 0 Å². The topological polar surface area (TPSA) is 34.6 Å². The Hall–Kier alpha value is -0.970. The molecule has 2 saturated heterocycles. The molecule has 2 fully saturated rings. The molecule has 0 amide bonds. The van der Waals surface area contributed by atoms with Crippen LogP contribution in [0.1, 0.15) is 37.8 Å². The normalized spacial score (nSPS) is 24.5. The third-order valence-corrected chi connectivity index (χ3v) is 4.74. The van der Waals surface area contributed by atoms with Gasteiger partial charge in [-0.3, -0.25) is 4.98 Å². The monoisotopic (exact) mass is 304 g/mol. The predicted molar refractivity (Wildman–Crippen MR) is 86.9 cm³/mol. The van der Waals surface area contributed by atoms with Gasteiger partial charge in [-0.1, -0.05) is 6.07 Å². The minimum absolute atomic E-state index is 0.343. The molecule has 0 aliphatic carbocycles. The first-order valence-electron chi connectivity index (χ1n) is 8.75. The number of aromatic nitrogens is 1. The first-order valence-corrected chi connectivity index (χ1v) is 8.75. The van der Waals surface area contributed by atoms with Crippen LogP contribution in [0.4, 0.5) is 0 Å². The van der Waals surface area contributed by atoms with E-state index in [9.17, 15) is 0 Å². The van der Waals surface area contributed by atoms with Crippen molar-refractivity contribution >= 4 is 0 Å². The zero-order valence-electron chi connectivity index (χ0n) is 13.5. The molecule has 1 aromatic rings. The standard InChI is InChI=1S/C18H28N2O2/c1-3-10-19-16(5-1)7-11-20-12-8-17(9-13-20)22-15-18-6-2-4-14-21-18/h1,3,5,10,17-18H,2,4,6-9,11-15H2/t18-/m1/s1. The number of nitrogens with zero attached hydrogens (tertiary/aromatic N) is 2. The van der Waals surface area contributed by atoms with E-state index in [2.05, 4.69) is 22.0 Å². The lowest BCUT2D eigenvalue weighted by Gasteiger charge is -2.33. The number of ether oxygens (including phenoxy) is 2. The van der Waals surface area contributed by atoms with E-state index in [1.165, 1.54) is 25.0 Å². The smallest absolute Gasteiger partial charge is 0.0808 e. The molecular weight excluding hydrogens is 276 g/mol. The first kappa shape index (κ1) is 15.9. The maximum absolute atomic E-state index is 6.07. The average Bonchev–Trinajstić information content (AvgIpc) is 2.61. The van der Waals surface area contributed by atoms with E-state index in [-0.39, 0.29) is 0 Å². The Labute approximate surface area is 133 Å². The summed E-state index contributed by atoms with van der Waals surface area (Å²) in [5, 5.41) is 0. The Kier molecular flexibility index (Phi) is 6.22. The Morgan fingerprint density at radius 1 is 1.18 bits per heavy atom. The molecule has 0 aromatic carbocycles. The number of likely N-dealkylation sites (tertiary alicyclic amines) is 1. The molecule has 0 bridgehead atoms. The van der Waals surface area contributed by atoms with Gasteiger partial charge in [-0.25, -0.2) is 0 Å². The van der Waals surface area contributed by atoms with E-state index in [4.69, 9.17) is 9.47 Å². The summed E-state index contributed by atoms with van der Waals surface area (Å²) in [5.41, 5.74) is 1.19. The van der Waals surface area contributed by atoms with Crippen LogP contribution in [0, 0.1) is 0 Å². The van der Waals surface area contributed by atoms with Crippen LogP contribution in [-0.4, -0.2) is 54.9 Å². The van der Waals surface area contributed by atoms with Gasteiger partial charge in [-0.05, 0) is 44.2 Å². The van der Waals surface area contributed by atoms with Crippen molar-refractivity contribution in [3.63, 3.8) is 0 Å². The van der Waals surface area contributed by atoms with Crippen molar-refractivity contribution in [3.8, 4) is 0 Å². The molecule has 0 radical (unpaired) electrons. The molecule has 22 heavy (non-hydrogen) atoms. The zero-order valence-corrected chi connectivity index (χ0v) is 13.5. The second-order valence-electron chi connectivity index (χ2n) is 6.43. The van der Waals surface area contributed by atoms with E-state index in [0.29, 0.717) is 12.2 Å². The van der Waals surface area contributed by atoms with Crippen LogP contribution in [0.15, 0.2) is 24.4 Å². The molecule has 0 N–H and O–H groups in total. The fraction of sp³-hybridized carbons (Fsp3) is 0.722. The summed E-state index contributed by atoms with van der Waals surface area (Å²) in [6, 6.07) is 6.15. The van der Waals surface area contributed by atoms with Crippen molar-refractivity contribution < 1.29 is 9.47 Å². The largest absolute Gasteiger partial charge is 0.376 e. The highest BCUT2D eigenvalue weighted by molar-refractivity contribution is 5.03. The van der Waals surface area contributed by atoms with Gasteiger partial charge in [0.25, 0.3) is 0 Å². The van der Waals surface area contributed by atoms with Crippen LogP contribution in [-0.2, 0) is 15.9 Å². The summed E-state index contributed by atoms with van der Waals surface area (Å²) in [7, 11) is 0. The molecule has 0 saturated carbocycles. The Bertz CT molecular complexity index is 412. The molecule has 122 valence electrons. The fourth-order valence-corrected chi connectivity index (χ4v) is 3.30. The Morgan fingerprint density at radius 2 is 2.09 bits per heavy atom. The highest BCUT2D eigenvalue weighted by Crippen LogP contribution is 2.18. The second kappa shape index (κ2) is 8.61. The summed E-state index contributed by atoms with van der Waals surface area (Å²) >= 11 is 0. The lowest BCUT2D eigenvalue weighted by Crippen LogP contribution is -2.39. The van der Waals surface area contributed by atoms with Gasteiger partial charge in [0, 0.05) is 44.6 Å². The van der Waals surface area contributed by atoms with Gasteiger partial charge >= 0.3 is 0 Å². The lowest BCUT2D eigenvalue weighted by molar-refractivity contribution is -0.0748. The SMILES string of the molecule is c1ccc(CCN2CCC(OC[C@H]3CCCCO3)CC2)nc1. The van der Waals surface area contributed by atoms with Gasteiger partial charge in [0.15, 0.2) is 0 Å². The second-order valence-corrected chi connectivity index (χ2v) is 6.43. The van der Waals surface area contributed by atoms with E-state index in [0.717, 1.165) is 52.1 Å². The molecule has 2 aliphatic heterocycles. The van der Waals surface area contributed by atoms with Crippen LogP contribution in [0.2, 0.25) is 0 Å². The molecule has 4 nitrogen and oxygen atoms in total. The van der Waals surface area contributed by atoms with Gasteiger partial charge in [0.1, 0.15) is 0 Å².